The smallest absolute Gasteiger partial charge is 0.240 e. The summed E-state index contributed by atoms with van der Waals surface area (Å²) in [5.74, 6) is 1.20. The Bertz CT molecular complexity index is 567. The Morgan fingerprint density at radius 1 is 1.21 bits per heavy atom. The van der Waals surface area contributed by atoms with E-state index in [-0.39, 0.29) is 11.4 Å². The molecule has 1 amide bonds. The lowest BCUT2D eigenvalue weighted by Gasteiger charge is -2.48. The topological polar surface area (TPSA) is 44.8 Å². The highest BCUT2D eigenvalue weighted by Crippen LogP contribution is 2.31. The molecule has 0 bridgehead atoms. The third-order valence-corrected chi connectivity index (χ3v) is 5.40. The predicted octanol–water partition coefficient (Wildman–Crippen LogP) is 1.87. The monoisotopic (exact) mass is 331 g/mol. The van der Waals surface area contributed by atoms with Gasteiger partial charge < -0.3 is 10.1 Å². The van der Waals surface area contributed by atoms with Crippen LogP contribution in [-0.2, 0) is 11.3 Å². The molecule has 2 saturated heterocycles. The van der Waals surface area contributed by atoms with Gasteiger partial charge in [-0.2, -0.15) is 0 Å². The summed E-state index contributed by atoms with van der Waals surface area (Å²) in [5.41, 5.74) is 0.941. The van der Waals surface area contributed by atoms with E-state index in [4.69, 9.17) is 4.74 Å². The molecule has 1 N–H and O–H groups in total. The molecule has 24 heavy (non-hydrogen) atoms. The fourth-order valence-electron chi connectivity index (χ4n) is 3.81. The van der Waals surface area contributed by atoms with E-state index in [1.54, 1.807) is 0 Å². The first-order chi connectivity index (χ1) is 11.7. The van der Waals surface area contributed by atoms with E-state index < -0.39 is 0 Å². The second kappa shape index (κ2) is 7.53. The number of para-hydroxylation sites is 1. The van der Waals surface area contributed by atoms with E-state index in [9.17, 15) is 4.79 Å². The average Bonchev–Trinajstić information content (AvgIpc) is 2.60. The van der Waals surface area contributed by atoms with Gasteiger partial charge in [-0.1, -0.05) is 25.1 Å². The first-order valence-electron chi connectivity index (χ1n) is 9.08. The fourth-order valence-corrected chi connectivity index (χ4v) is 3.81. The number of hydrogen-bond donors (Lipinski definition) is 1. The van der Waals surface area contributed by atoms with E-state index in [0.717, 1.165) is 64.3 Å². The molecule has 1 aromatic carbocycles. The number of likely N-dealkylation sites (N-methyl/N-ethyl adjacent to an activating group) is 1. The van der Waals surface area contributed by atoms with Crippen LogP contribution in [0.3, 0.4) is 0 Å². The van der Waals surface area contributed by atoms with Crippen LogP contribution in [0.5, 0.6) is 5.75 Å². The van der Waals surface area contributed by atoms with Gasteiger partial charge in [-0.15, -0.1) is 0 Å². The van der Waals surface area contributed by atoms with Crippen molar-refractivity contribution in [2.45, 2.75) is 38.3 Å². The van der Waals surface area contributed by atoms with Crippen molar-refractivity contribution in [3.63, 3.8) is 0 Å². The second-order valence-corrected chi connectivity index (χ2v) is 6.94. The number of carbonyl (C=O) groups excluding carboxylic acids is 1. The molecule has 2 aliphatic heterocycles. The van der Waals surface area contributed by atoms with E-state index in [0.29, 0.717) is 0 Å². The maximum atomic E-state index is 12.4. The van der Waals surface area contributed by atoms with E-state index in [1.807, 2.05) is 6.07 Å². The number of nitrogens with one attached hydrogen (secondary N) is 1. The Morgan fingerprint density at radius 2 is 1.96 bits per heavy atom. The van der Waals surface area contributed by atoms with Gasteiger partial charge in [-0.3, -0.25) is 14.6 Å². The van der Waals surface area contributed by atoms with Gasteiger partial charge in [0.25, 0.3) is 0 Å². The minimum atomic E-state index is -0.299. The molecular formula is C19H29N3O2. The number of nitrogens with zero attached hydrogens (tertiary/aromatic N) is 2. The summed E-state index contributed by atoms with van der Waals surface area (Å²) < 4.78 is 5.87. The maximum Gasteiger partial charge on any atom is 0.240 e. The predicted molar refractivity (Wildman–Crippen MR) is 95.1 cm³/mol. The van der Waals surface area contributed by atoms with Crippen LogP contribution in [0.2, 0.25) is 0 Å². The second-order valence-electron chi connectivity index (χ2n) is 6.94. The summed E-state index contributed by atoms with van der Waals surface area (Å²) in [4.78, 5) is 17.1. The molecule has 2 aliphatic rings. The first-order valence-corrected chi connectivity index (χ1v) is 9.08. The lowest BCUT2D eigenvalue weighted by molar-refractivity contribution is -0.140. The van der Waals surface area contributed by atoms with Gasteiger partial charge in [0.15, 0.2) is 0 Å². The highest BCUT2D eigenvalue weighted by molar-refractivity contribution is 5.87. The molecule has 0 aromatic heterocycles. The van der Waals surface area contributed by atoms with Crippen LogP contribution >= 0.6 is 0 Å². The Morgan fingerprint density at radius 3 is 2.67 bits per heavy atom. The maximum absolute atomic E-state index is 12.4. The van der Waals surface area contributed by atoms with Crippen LogP contribution < -0.4 is 10.1 Å². The van der Waals surface area contributed by atoms with Gasteiger partial charge in [-0.25, -0.2) is 0 Å². The highest BCUT2D eigenvalue weighted by Gasteiger charge is 2.46. The number of piperidine rings is 1. The molecule has 3 rings (SSSR count). The van der Waals surface area contributed by atoms with Crippen LogP contribution in [0.4, 0.5) is 0 Å². The van der Waals surface area contributed by atoms with Crippen LogP contribution in [0.15, 0.2) is 24.3 Å². The van der Waals surface area contributed by atoms with Gasteiger partial charge in [0.2, 0.25) is 5.91 Å². The molecule has 5 heteroatoms. The first kappa shape index (κ1) is 17.2. The SMILES string of the molecule is CCCOc1ccccc1CN1CCC2(CC1)C(=O)NCCN2C. The third kappa shape index (κ3) is 3.42. The molecule has 5 nitrogen and oxygen atoms in total. The molecule has 2 heterocycles. The van der Waals surface area contributed by atoms with Gasteiger partial charge in [0, 0.05) is 38.3 Å². The summed E-state index contributed by atoms with van der Waals surface area (Å²) in [6.45, 7) is 7.37. The molecule has 132 valence electrons. The number of ether oxygens (including phenoxy) is 1. The Kier molecular flexibility index (Phi) is 5.41. The largest absolute Gasteiger partial charge is 0.493 e. The van der Waals surface area contributed by atoms with Crippen LogP contribution in [-0.4, -0.2) is 61.1 Å². The Balaban J connectivity index is 1.63. The summed E-state index contributed by atoms with van der Waals surface area (Å²) in [6.07, 6.45) is 2.81. The van der Waals surface area contributed by atoms with Crippen molar-refractivity contribution in [1.29, 1.82) is 0 Å². The average molecular weight is 331 g/mol. The summed E-state index contributed by atoms with van der Waals surface area (Å²) in [7, 11) is 2.09. The van der Waals surface area contributed by atoms with Gasteiger partial charge in [-0.05, 0) is 32.4 Å². The molecule has 0 unspecified atom stereocenters. The molecule has 2 fully saturated rings. The van der Waals surface area contributed by atoms with Crippen LogP contribution in [0.1, 0.15) is 31.7 Å². The van der Waals surface area contributed by atoms with Crippen molar-refractivity contribution in [2.24, 2.45) is 0 Å². The normalized spacial score (nSPS) is 21.7. The quantitative estimate of drug-likeness (QED) is 0.895. The van der Waals surface area contributed by atoms with Crippen molar-refractivity contribution < 1.29 is 9.53 Å². The van der Waals surface area contributed by atoms with E-state index >= 15 is 0 Å². The molecule has 0 atom stereocenters. The van der Waals surface area contributed by atoms with E-state index in [2.05, 4.69) is 47.3 Å². The molecule has 0 saturated carbocycles. The van der Waals surface area contributed by atoms with Crippen molar-refractivity contribution in [2.75, 3.05) is 39.8 Å². The van der Waals surface area contributed by atoms with Crippen molar-refractivity contribution in [3.8, 4) is 5.75 Å². The number of rotatable bonds is 5. The molecule has 1 spiro atoms. The fraction of sp³-hybridized carbons (Fsp3) is 0.632. The van der Waals surface area contributed by atoms with E-state index in [1.165, 1.54) is 5.56 Å². The van der Waals surface area contributed by atoms with Gasteiger partial charge in [0.05, 0.1) is 6.61 Å². The summed E-state index contributed by atoms with van der Waals surface area (Å²) in [6, 6.07) is 8.30. The lowest BCUT2D eigenvalue weighted by Crippen LogP contribution is -2.66. The van der Waals surface area contributed by atoms with Crippen molar-refractivity contribution >= 4 is 5.91 Å². The van der Waals surface area contributed by atoms with Crippen molar-refractivity contribution in [3.05, 3.63) is 29.8 Å². The molecule has 1 aromatic rings. The Hall–Kier alpha value is -1.59. The number of piperazine rings is 1. The van der Waals surface area contributed by atoms with Gasteiger partial charge in [0.1, 0.15) is 11.3 Å². The molecular weight excluding hydrogens is 302 g/mol. The zero-order valence-corrected chi connectivity index (χ0v) is 14.9. The number of amides is 1. The summed E-state index contributed by atoms with van der Waals surface area (Å²) in [5, 5.41) is 3.05. The third-order valence-electron chi connectivity index (χ3n) is 5.40. The van der Waals surface area contributed by atoms with Crippen LogP contribution in [0.25, 0.3) is 0 Å². The number of carbonyl (C=O) groups is 1. The number of hydrogen-bond acceptors (Lipinski definition) is 4. The molecule has 0 aliphatic carbocycles. The van der Waals surface area contributed by atoms with Crippen molar-refractivity contribution in [1.82, 2.24) is 15.1 Å². The number of benzene rings is 1. The highest BCUT2D eigenvalue weighted by atomic mass is 16.5. The minimum absolute atomic E-state index is 0.211. The molecule has 0 radical (unpaired) electrons. The minimum Gasteiger partial charge on any atom is -0.493 e. The van der Waals surface area contributed by atoms with Crippen LogP contribution in [0, 0.1) is 0 Å². The van der Waals surface area contributed by atoms with Gasteiger partial charge >= 0.3 is 0 Å². The number of likely N-dealkylation sites (tertiary alicyclic amines) is 1. The summed E-state index contributed by atoms with van der Waals surface area (Å²) >= 11 is 0. The zero-order valence-electron chi connectivity index (χ0n) is 14.9. The zero-order chi connectivity index (χ0) is 17.0. The standard InChI is InChI=1S/C19H29N3O2/c1-3-14-24-17-7-5-4-6-16(17)15-22-11-8-19(9-12-22)18(23)20-10-13-21(19)2/h4-7H,3,8-15H2,1-2H3,(H,20,23). The Labute approximate surface area is 145 Å². The lowest BCUT2D eigenvalue weighted by atomic mass is 9.83.